The second kappa shape index (κ2) is 8.59. The monoisotopic (exact) mass is 429 g/mol. The number of nitrogens with one attached hydrogen (secondary N) is 1. The molecule has 7 heteroatoms. The molecule has 4 aromatic rings. The highest BCUT2D eigenvalue weighted by atomic mass is 16.5. The number of nitrogens with zero attached hydrogens (tertiary/aromatic N) is 4. The van der Waals surface area contributed by atoms with Gasteiger partial charge in [-0.1, -0.05) is 30.3 Å². The highest BCUT2D eigenvalue weighted by molar-refractivity contribution is 5.91. The number of hydrogen-bond donors (Lipinski definition) is 1. The van der Waals surface area contributed by atoms with E-state index in [0.717, 1.165) is 54.0 Å². The van der Waals surface area contributed by atoms with Gasteiger partial charge in [-0.05, 0) is 51.9 Å². The standard InChI is InChI=1S/C25H27N5O2/c1-17(2)30-23(31)9-8-21(27-30)24-22-16-20(32-19-10-13-26-14-11-19)12-15-29(22)28-25(24)18-6-4-3-5-7-18/h3-9,12,15-17,19,26H,10-11,13-14H2,1-2H3. The second-order valence-corrected chi connectivity index (χ2v) is 8.44. The van der Waals surface area contributed by atoms with Crippen LogP contribution in [0.3, 0.4) is 0 Å². The van der Waals surface area contributed by atoms with Gasteiger partial charge < -0.3 is 10.1 Å². The third-order valence-electron chi connectivity index (χ3n) is 5.81. The highest BCUT2D eigenvalue weighted by Gasteiger charge is 2.21. The number of fused-ring (bicyclic) bond motifs is 1. The first-order chi connectivity index (χ1) is 15.6. The van der Waals surface area contributed by atoms with Gasteiger partial charge in [-0.15, -0.1) is 0 Å². The zero-order valence-electron chi connectivity index (χ0n) is 18.4. The third-order valence-corrected chi connectivity index (χ3v) is 5.81. The molecule has 0 spiro atoms. The molecule has 1 aliphatic heterocycles. The zero-order valence-corrected chi connectivity index (χ0v) is 18.4. The normalized spacial score (nSPS) is 14.8. The number of pyridine rings is 1. The fraction of sp³-hybridized carbons (Fsp3) is 0.320. The molecule has 1 N–H and O–H groups in total. The average Bonchev–Trinajstić information content (AvgIpc) is 3.19. The molecule has 0 unspecified atom stereocenters. The van der Waals surface area contributed by atoms with Crippen molar-refractivity contribution in [2.75, 3.05) is 13.1 Å². The Balaban J connectivity index is 1.68. The van der Waals surface area contributed by atoms with E-state index in [1.165, 1.54) is 4.68 Å². The molecular formula is C25H27N5O2. The lowest BCUT2D eigenvalue weighted by Crippen LogP contribution is -2.34. The van der Waals surface area contributed by atoms with Crippen LogP contribution in [0, 0.1) is 0 Å². The van der Waals surface area contributed by atoms with Gasteiger partial charge in [0.15, 0.2) is 0 Å². The molecule has 0 bridgehead atoms. The van der Waals surface area contributed by atoms with E-state index < -0.39 is 0 Å². The fourth-order valence-electron chi connectivity index (χ4n) is 4.18. The van der Waals surface area contributed by atoms with Crippen LogP contribution in [0.25, 0.3) is 28.0 Å². The van der Waals surface area contributed by atoms with Gasteiger partial charge in [0.1, 0.15) is 17.5 Å². The lowest BCUT2D eigenvalue weighted by molar-refractivity contribution is 0.162. The number of piperidine rings is 1. The summed E-state index contributed by atoms with van der Waals surface area (Å²) < 4.78 is 9.67. The zero-order chi connectivity index (χ0) is 22.1. The van der Waals surface area contributed by atoms with Gasteiger partial charge in [0.05, 0.1) is 22.8 Å². The van der Waals surface area contributed by atoms with E-state index in [4.69, 9.17) is 14.9 Å². The minimum atomic E-state index is -0.114. The van der Waals surface area contributed by atoms with Crippen molar-refractivity contribution in [2.24, 2.45) is 0 Å². The van der Waals surface area contributed by atoms with Gasteiger partial charge in [-0.3, -0.25) is 4.79 Å². The molecule has 1 aliphatic rings. The molecule has 0 aliphatic carbocycles. The maximum Gasteiger partial charge on any atom is 0.267 e. The molecule has 1 fully saturated rings. The summed E-state index contributed by atoms with van der Waals surface area (Å²) in [5, 5.41) is 12.9. The summed E-state index contributed by atoms with van der Waals surface area (Å²) in [5.74, 6) is 0.822. The Labute approximate surface area is 186 Å². The molecule has 5 rings (SSSR count). The van der Waals surface area contributed by atoms with Gasteiger partial charge in [-0.2, -0.15) is 10.2 Å². The van der Waals surface area contributed by atoms with E-state index >= 15 is 0 Å². The summed E-state index contributed by atoms with van der Waals surface area (Å²) in [6, 6.07) is 17.4. The van der Waals surface area contributed by atoms with Crippen molar-refractivity contribution in [3.63, 3.8) is 0 Å². The van der Waals surface area contributed by atoms with Crippen LogP contribution < -0.4 is 15.6 Å². The number of ether oxygens (including phenoxy) is 1. The van der Waals surface area contributed by atoms with Gasteiger partial charge in [0, 0.05) is 23.9 Å². The summed E-state index contributed by atoms with van der Waals surface area (Å²) in [6.45, 7) is 5.86. The van der Waals surface area contributed by atoms with Crippen molar-refractivity contribution in [3.05, 3.63) is 71.1 Å². The minimum absolute atomic E-state index is 0.0386. The summed E-state index contributed by atoms with van der Waals surface area (Å²) in [4.78, 5) is 12.3. The molecule has 0 amide bonds. The Bertz CT molecular complexity index is 1290. The number of rotatable bonds is 5. The Morgan fingerprint density at radius 2 is 1.81 bits per heavy atom. The molecule has 0 radical (unpaired) electrons. The Morgan fingerprint density at radius 3 is 2.56 bits per heavy atom. The quantitative estimate of drug-likeness (QED) is 0.520. The van der Waals surface area contributed by atoms with Crippen LogP contribution in [-0.4, -0.2) is 38.6 Å². The van der Waals surface area contributed by atoms with Crippen LogP contribution >= 0.6 is 0 Å². The number of aromatic nitrogens is 4. The van der Waals surface area contributed by atoms with Crippen LogP contribution in [-0.2, 0) is 0 Å². The maximum absolute atomic E-state index is 12.3. The van der Waals surface area contributed by atoms with Crippen LogP contribution in [0.1, 0.15) is 32.7 Å². The topological polar surface area (TPSA) is 73.5 Å². The van der Waals surface area contributed by atoms with Gasteiger partial charge in [-0.25, -0.2) is 9.20 Å². The Hall–Kier alpha value is -3.45. The fourth-order valence-corrected chi connectivity index (χ4v) is 4.18. The predicted octanol–water partition coefficient (Wildman–Crippen LogP) is 3.94. The minimum Gasteiger partial charge on any atom is -0.490 e. The molecule has 1 saturated heterocycles. The summed E-state index contributed by atoms with van der Waals surface area (Å²) in [5.41, 5.74) is 4.21. The van der Waals surface area contributed by atoms with Crippen molar-refractivity contribution < 1.29 is 4.74 Å². The van der Waals surface area contributed by atoms with Crippen molar-refractivity contribution in [1.29, 1.82) is 0 Å². The largest absolute Gasteiger partial charge is 0.490 e. The van der Waals surface area contributed by atoms with E-state index in [9.17, 15) is 4.79 Å². The molecule has 32 heavy (non-hydrogen) atoms. The second-order valence-electron chi connectivity index (χ2n) is 8.44. The molecule has 7 nitrogen and oxygen atoms in total. The summed E-state index contributed by atoms with van der Waals surface area (Å²) >= 11 is 0. The smallest absolute Gasteiger partial charge is 0.267 e. The van der Waals surface area contributed by atoms with E-state index in [1.54, 1.807) is 12.1 Å². The molecule has 4 heterocycles. The number of benzene rings is 1. The third kappa shape index (κ3) is 3.91. The van der Waals surface area contributed by atoms with Gasteiger partial charge >= 0.3 is 0 Å². The predicted molar refractivity (Wildman–Crippen MR) is 125 cm³/mol. The Kier molecular flexibility index (Phi) is 5.49. The van der Waals surface area contributed by atoms with Crippen LogP contribution in [0.5, 0.6) is 5.75 Å². The Morgan fingerprint density at radius 1 is 1.03 bits per heavy atom. The number of hydrogen-bond acceptors (Lipinski definition) is 5. The first-order valence-electron chi connectivity index (χ1n) is 11.2. The lowest BCUT2D eigenvalue weighted by Gasteiger charge is -2.23. The van der Waals surface area contributed by atoms with E-state index in [-0.39, 0.29) is 17.7 Å². The highest BCUT2D eigenvalue weighted by Crippen LogP contribution is 2.35. The van der Waals surface area contributed by atoms with E-state index in [2.05, 4.69) is 5.32 Å². The van der Waals surface area contributed by atoms with Gasteiger partial charge in [0.2, 0.25) is 0 Å². The van der Waals surface area contributed by atoms with Crippen LogP contribution in [0.4, 0.5) is 0 Å². The molecule has 164 valence electrons. The van der Waals surface area contributed by atoms with Crippen molar-refractivity contribution in [1.82, 2.24) is 24.7 Å². The summed E-state index contributed by atoms with van der Waals surface area (Å²) in [7, 11) is 0. The SMILES string of the molecule is CC(C)n1nc(-c2c(-c3ccccc3)nn3ccc(OC4CCNCC4)cc23)ccc1=O. The summed E-state index contributed by atoms with van der Waals surface area (Å²) in [6.07, 6.45) is 4.13. The van der Waals surface area contributed by atoms with E-state index in [1.807, 2.05) is 67.0 Å². The maximum atomic E-state index is 12.3. The first kappa shape index (κ1) is 20.5. The molecule has 1 aromatic carbocycles. The first-order valence-corrected chi connectivity index (χ1v) is 11.2. The molecule has 3 aromatic heterocycles. The molecule has 0 atom stereocenters. The molecular weight excluding hydrogens is 402 g/mol. The van der Waals surface area contributed by atoms with Crippen molar-refractivity contribution in [2.45, 2.75) is 38.8 Å². The van der Waals surface area contributed by atoms with Crippen molar-refractivity contribution >= 4 is 5.52 Å². The van der Waals surface area contributed by atoms with Crippen molar-refractivity contribution in [3.8, 4) is 28.3 Å². The average molecular weight is 430 g/mol. The van der Waals surface area contributed by atoms with Crippen LogP contribution in [0.2, 0.25) is 0 Å². The van der Waals surface area contributed by atoms with Crippen LogP contribution in [0.15, 0.2) is 65.6 Å². The molecule has 0 saturated carbocycles. The van der Waals surface area contributed by atoms with E-state index in [0.29, 0.717) is 5.69 Å². The van der Waals surface area contributed by atoms with Gasteiger partial charge in [0.25, 0.3) is 5.56 Å². The lowest BCUT2D eigenvalue weighted by atomic mass is 10.0.